The third kappa shape index (κ3) is 8.33. The zero-order valence-corrected chi connectivity index (χ0v) is 24.4. The molecule has 0 saturated carbocycles. The second-order valence-corrected chi connectivity index (χ2v) is 10.8. The fraction of sp³-hybridized carbons (Fsp3) is 0.0294. The van der Waals surface area contributed by atoms with Crippen LogP contribution in [0.3, 0.4) is 0 Å². The first kappa shape index (κ1) is 30.5. The van der Waals surface area contributed by atoms with Crippen molar-refractivity contribution in [3.05, 3.63) is 160 Å². The number of anilines is 2. The third-order valence-electron chi connectivity index (χ3n) is 6.39. The standard InChI is InChI=1S/C34H26N4O6S/c39-32(24-11-5-2-6-12-24)37-30(22-28-14-8-20-44-28)33(40)36-26-13-7-15-29(21-26)45-31(23-9-3-1-4-10-23)34(41)35-25-16-18-27(19-17-25)38(42)43/h1-22,31H,(H,35,41)(H,36,40)(H,37,39)/b30-22-. The van der Waals surface area contributed by atoms with E-state index >= 15 is 0 Å². The summed E-state index contributed by atoms with van der Waals surface area (Å²) >= 11 is 1.27. The number of amides is 3. The number of hydrogen-bond donors (Lipinski definition) is 3. The molecule has 0 spiro atoms. The van der Waals surface area contributed by atoms with Crippen LogP contribution < -0.4 is 16.0 Å². The zero-order chi connectivity index (χ0) is 31.6. The lowest BCUT2D eigenvalue weighted by molar-refractivity contribution is -0.384. The van der Waals surface area contributed by atoms with Gasteiger partial charge in [-0.3, -0.25) is 24.5 Å². The van der Waals surface area contributed by atoms with Crippen molar-refractivity contribution in [2.24, 2.45) is 0 Å². The summed E-state index contributed by atoms with van der Waals surface area (Å²) in [4.78, 5) is 50.9. The van der Waals surface area contributed by atoms with Crippen LogP contribution in [0.5, 0.6) is 0 Å². The molecule has 1 unspecified atom stereocenters. The molecule has 5 aromatic rings. The van der Waals surface area contributed by atoms with E-state index in [0.717, 1.165) is 5.56 Å². The van der Waals surface area contributed by atoms with Crippen LogP contribution in [0.15, 0.2) is 143 Å². The average molecular weight is 619 g/mol. The normalized spacial score (nSPS) is 11.7. The fourth-order valence-electron chi connectivity index (χ4n) is 4.21. The van der Waals surface area contributed by atoms with E-state index in [2.05, 4.69) is 16.0 Å². The third-order valence-corrected chi connectivity index (χ3v) is 7.64. The highest BCUT2D eigenvalue weighted by atomic mass is 32.2. The number of rotatable bonds is 11. The fourth-order valence-corrected chi connectivity index (χ4v) is 5.30. The second kappa shape index (κ2) is 14.5. The van der Waals surface area contributed by atoms with Gasteiger partial charge in [0, 0.05) is 40.0 Å². The molecule has 4 aromatic carbocycles. The molecule has 1 aromatic heterocycles. The Labute approximate surface area is 262 Å². The van der Waals surface area contributed by atoms with Crippen LogP contribution in [0.25, 0.3) is 6.08 Å². The first-order chi connectivity index (χ1) is 21.9. The molecular formula is C34H26N4O6S. The Morgan fingerprint density at radius 2 is 1.49 bits per heavy atom. The van der Waals surface area contributed by atoms with Crippen LogP contribution in [-0.2, 0) is 9.59 Å². The molecule has 3 amide bonds. The summed E-state index contributed by atoms with van der Waals surface area (Å²) in [6, 6.07) is 33.6. The average Bonchev–Trinajstić information content (AvgIpc) is 3.58. The summed E-state index contributed by atoms with van der Waals surface area (Å²) in [7, 11) is 0. The molecule has 0 saturated heterocycles. The first-order valence-corrected chi connectivity index (χ1v) is 14.5. The van der Waals surface area contributed by atoms with Gasteiger partial charge in [0.15, 0.2) is 0 Å². The lowest BCUT2D eigenvalue weighted by Gasteiger charge is -2.18. The number of nitro benzene ring substituents is 1. The van der Waals surface area contributed by atoms with Crippen molar-refractivity contribution in [1.82, 2.24) is 5.32 Å². The predicted octanol–water partition coefficient (Wildman–Crippen LogP) is 7.07. The first-order valence-electron chi connectivity index (χ1n) is 13.7. The van der Waals surface area contributed by atoms with Gasteiger partial charge in [-0.2, -0.15) is 0 Å². The van der Waals surface area contributed by atoms with Gasteiger partial charge in [-0.25, -0.2) is 0 Å². The number of nitro groups is 1. The van der Waals surface area contributed by atoms with Crippen LogP contribution in [0.2, 0.25) is 0 Å². The zero-order valence-electron chi connectivity index (χ0n) is 23.6. The molecular weight excluding hydrogens is 592 g/mol. The Bertz CT molecular complexity index is 1830. The number of benzene rings is 4. The van der Waals surface area contributed by atoms with E-state index in [0.29, 0.717) is 27.6 Å². The molecule has 0 bridgehead atoms. The van der Waals surface area contributed by atoms with Gasteiger partial charge in [-0.15, -0.1) is 11.8 Å². The molecule has 0 aliphatic heterocycles. The molecule has 0 fully saturated rings. The van der Waals surface area contributed by atoms with E-state index in [9.17, 15) is 24.5 Å². The minimum absolute atomic E-state index is 0.0264. The Morgan fingerprint density at radius 3 is 2.16 bits per heavy atom. The molecule has 45 heavy (non-hydrogen) atoms. The quantitative estimate of drug-likeness (QED) is 0.0622. The van der Waals surface area contributed by atoms with E-state index in [1.54, 1.807) is 60.7 Å². The monoisotopic (exact) mass is 618 g/mol. The van der Waals surface area contributed by atoms with Crippen LogP contribution in [-0.4, -0.2) is 22.6 Å². The minimum atomic E-state index is -0.688. The highest BCUT2D eigenvalue weighted by Gasteiger charge is 2.23. The topological polar surface area (TPSA) is 144 Å². The van der Waals surface area contributed by atoms with Crippen molar-refractivity contribution in [2.45, 2.75) is 10.1 Å². The molecule has 224 valence electrons. The van der Waals surface area contributed by atoms with Crippen LogP contribution in [0.4, 0.5) is 17.1 Å². The van der Waals surface area contributed by atoms with Crippen molar-refractivity contribution in [2.75, 3.05) is 10.6 Å². The van der Waals surface area contributed by atoms with Crippen LogP contribution in [0, 0.1) is 10.1 Å². The molecule has 1 atom stereocenters. The second-order valence-electron chi connectivity index (χ2n) is 9.58. The number of hydrogen-bond acceptors (Lipinski definition) is 7. The molecule has 0 aliphatic rings. The molecule has 11 heteroatoms. The van der Waals surface area contributed by atoms with Gasteiger partial charge in [0.1, 0.15) is 16.7 Å². The summed E-state index contributed by atoms with van der Waals surface area (Å²) in [5, 5.41) is 18.6. The lowest BCUT2D eigenvalue weighted by Crippen LogP contribution is -2.30. The summed E-state index contributed by atoms with van der Waals surface area (Å²) in [5.74, 6) is -0.990. The van der Waals surface area contributed by atoms with Gasteiger partial charge in [-0.05, 0) is 60.2 Å². The number of nitrogens with zero attached hydrogens (tertiary/aromatic N) is 1. The molecule has 0 aliphatic carbocycles. The van der Waals surface area contributed by atoms with Crippen LogP contribution >= 0.6 is 11.8 Å². The Kier molecular flexibility index (Phi) is 9.83. The van der Waals surface area contributed by atoms with Gasteiger partial charge < -0.3 is 20.4 Å². The number of non-ortho nitro benzene ring substituents is 1. The molecule has 0 radical (unpaired) electrons. The maximum absolute atomic E-state index is 13.5. The highest BCUT2D eigenvalue weighted by Crippen LogP contribution is 2.37. The van der Waals surface area contributed by atoms with Crippen molar-refractivity contribution in [1.29, 1.82) is 0 Å². The number of carbonyl (C=O) groups excluding carboxylic acids is 3. The van der Waals surface area contributed by atoms with Crippen molar-refractivity contribution in [3.8, 4) is 0 Å². The smallest absolute Gasteiger partial charge is 0.272 e. The minimum Gasteiger partial charge on any atom is -0.465 e. The van der Waals surface area contributed by atoms with Crippen LogP contribution in [0.1, 0.15) is 26.9 Å². The van der Waals surface area contributed by atoms with E-state index in [4.69, 9.17) is 4.42 Å². The van der Waals surface area contributed by atoms with Gasteiger partial charge >= 0.3 is 0 Å². The molecule has 5 rings (SSSR count). The van der Waals surface area contributed by atoms with Crippen molar-refractivity contribution in [3.63, 3.8) is 0 Å². The van der Waals surface area contributed by atoms with Gasteiger partial charge in [0.25, 0.3) is 17.5 Å². The van der Waals surface area contributed by atoms with Gasteiger partial charge in [-0.1, -0.05) is 54.6 Å². The molecule has 10 nitrogen and oxygen atoms in total. The number of nitrogens with one attached hydrogen (secondary N) is 3. The number of furan rings is 1. The summed E-state index contributed by atoms with van der Waals surface area (Å²) in [6.45, 7) is 0. The summed E-state index contributed by atoms with van der Waals surface area (Å²) in [6.07, 6.45) is 2.89. The van der Waals surface area contributed by atoms with Crippen molar-refractivity contribution >= 4 is 52.6 Å². The maximum Gasteiger partial charge on any atom is 0.272 e. The van der Waals surface area contributed by atoms with Crippen molar-refractivity contribution < 1.29 is 23.7 Å². The predicted molar refractivity (Wildman–Crippen MR) is 172 cm³/mol. The molecule has 3 N–H and O–H groups in total. The van der Waals surface area contributed by atoms with Gasteiger partial charge in [0.2, 0.25) is 5.91 Å². The van der Waals surface area contributed by atoms with Gasteiger partial charge in [0.05, 0.1) is 11.2 Å². The largest absolute Gasteiger partial charge is 0.465 e. The summed E-state index contributed by atoms with van der Waals surface area (Å²) in [5.41, 5.74) is 1.87. The molecule has 1 heterocycles. The van der Waals surface area contributed by atoms with E-state index < -0.39 is 22.0 Å². The maximum atomic E-state index is 13.5. The number of carbonyl (C=O) groups is 3. The SMILES string of the molecule is O=C(Nc1cccc(SC(C(=O)Nc2ccc([N+](=O)[O-])cc2)c2ccccc2)c1)/C(=C/c1ccco1)NC(=O)c1ccccc1. The van der Waals surface area contributed by atoms with E-state index in [1.807, 2.05) is 36.4 Å². The Balaban J connectivity index is 1.34. The lowest BCUT2D eigenvalue weighted by atomic mass is 10.1. The Morgan fingerprint density at radius 1 is 0.778 bits per heavy atom. The Hall–Kier alpha value is -5.94. The number of thioether (sulfide) groups is 1. The highest BCUT2D eigenvalue weighted by molar-refractivity contribution is 8.00. The summed E-state index contributed by atoms with van der Waals surface area (Å²) < 4.78 is 5.36. The van der Waals surface area contributed by atoms with E-state index in [-0.39, 0.29) is 17.3 Å². The van der Waals surface area contributed by atoms with E-state index in [1.165, 1.54) is 48.4 Å².